The van der Waals surface area contributed by atoms with Crippen molar-refractivity contribution in [3.63, 3.8) is 0 Å². The quantitative estimate of drug-likeness (QED) is 0.0261. The van der Waals surface area contributed by atoms with Crippen LogP contribution in [0.5, 0.6) is 12.0 Å². The summed E-state index contributed by atoms with van der Waals surface area (Å²) in [6, 6.07) is 2.05. The molecule has 6 aromatic heterocycles. The number of hydrogen-bond donors (Lipinski definition) is 8. The number of carbonyl (C=O) groups is 2. The summed E-state index contributed by atoms with van der Waals surface area (Å²) in [5.41, 5.74) is 17.5. The summed E-state index contributed by atoms with van der Waals surface area (Å²) in [4.78, 5) is 62.3. The minimum atomic E-state index is -0.722. The molecule has 0 saturated carbocycles. The molecular formula is C23H34Cl7N24Na3O8. The van der Waals surface area contributed by atoms with Gasteiger partial charge in [-0.05, 0) is 78.8 Å². The molecular weight excluding hydrogens is 1060 g/mol. The average Bonchev–Trinajstić information content (AvgIpc) is 3.70. The van der Waals surface area contributed by atoms with Gasteiger partial charge in [0.2, 0.25) is 38.3 Å². The van der Waals surface area contributed by atoms with E-state index in [2.05, 4.69) is 97.4 Å². The van der Waals surface area contributed by atoms with Crippen molar-refractivity contribution in [2.24, 2.45) is 23.4 Å². The Balaban J connectivity index is -0.000000107. The SMILES string of the molecule is C=O.Cc1cc(N)n(-c2nc(C)nc(-n3nc(C)cc3N)n2)n1.Cl.Cl.Clc1nc(Cl)nc(Cl)n1.NN.NNc1nc([O-])nc(NN)n1.O.O.O=CO[O-].[Na+].[Na+].[Na+].[O-]c1nc(Cl)nc(Cl)n1. The van der Waals surface area contributed by atoms with Crippen molar-refractivity contribution in [1.29, 1.82) is 0 Å². The van der Waals surface area contributed by atoms with Gasteiger partial charge in [0.1, 0.15) is 24.2 Å². The number of anilines is 4. The van der Waals surface area contributed by atoms with Gasteiger partial charge >= 0.3 is 88.7 Å². The van der Waals surface area contributed by atoms with Crippen LogP contribution >= 0.6 is 82.8 Å². The maximum atomic E-state index is 10.6. The monoisotopic (exact) mass is 1090 g/mol. The zero-order valence-corrected chi connectivity index (χ0v) is 45.6. The fourth-order valence-corrected chi connectivity index (χ4v) is 4.06. The molecule has 42 heteroatoms. The Kier molecular flexibility index (Phi) is 53.3. The molecule has 0 aromatic carbocycles. The van der Waals surface area contributed by atoms with Gasteiger partial charge in [0.05, 0.1) is 23.4 Å². The second-order valence-electron chi connectivity index (χ2n) is 8.77. The maximum absolute atomic E-state index is 10.6. The van der Waals surface area contributed by atoms with E-state index in [0.717, 1.165) is 11.4 Å². The summed E-state index contributed by atoms with van der Waals surface area (Å²) in [6.45, 7) is 7.26. The predicted molar refractivity (Wildman–Crippen MR) is 221 cm³/mol. The van der Waals surface area contributed by atoms with Crippen molar-refractivity contribution in [3.8, 4) is 23.9 Å². The molecule has 6 rings (SSSR count). The topological polar surface area (TPSA) is 546 Å². The number of aromatic nitrogens is 16. The van der Waals surface area contributed by atoms with Crippen LogP contribution in [0.4, 0.5) is 23.5 Å². The fourth-order valence-electron chi connectivity index (χ4n) is 3.10. The molecule has 0 aliphatic carbocycles. The molecule has 0 saturated heterocycles. The average molecular weight is 1090 g/mol. The van der Waals surface area contributed by atoms with Crippen LogP contribution in [0.1, 0.15) is 17.2 Å². The molecule has 0 spiro atoms. The van der Waals surface area contributed by atoms with Gasteiger partial charge in [0.25, 0.3) is 18.4 Å². The molecule has 0 amide bonds. The van der Waals surface area contributed by atoms with Crippen molar-refractivity contribution >= 4 is 120 Å². The predicted octanol–water partition coefficient (Wildman–Crippen LogP) is -12.8. The van der Waals surface area contributed by atoms with Crippen molar-refractivity contribution in [2.45, 2.75) is 20.8 Å². The zero-order valence-electron chi connectivity index (χ0n) is 34.2. The molecule has 65 heavy (non-hydrogen) atoms. The smallest absolute Gasteiger partial charge is 0.844 e. The van der Waals surface area contributed by atoms with Gasteiger partial charge in [-0.25, -0.2) is 31.6 Å². The summed E-state index contributed by atoms with van der Waals surface area (Å²) >= 11 is 26.4. The second-order valence-corrected chi connectivity index (χ2v) is 10.5. The Hall–Kier alpha value is -2.85. The van der Waals surface area contributed by atoms with E-state index in [1.54, 1.807) is 19.1 Å². The van der Waals surface area contributed by atoms with Crippen LogP contribution in [0.3, 0.4) is 0 Å². The first-order valence-electron chi connectivity index (χ1n) is 14.0. The van der Waals surface area contributed by atoms with Gasteiger partial charge in [-0.3, -0.25) is 27.3 Å². The summed E-state index contributed by atoms with van der Waals surface area (Å²) in [5, 5.41) is 37.4. The van der Waals surface area contributed by atoms with Crippen molar-refractivity contribution in [3.05, 3.63) is 55.8 Å². The van der Waals surface area contributed by atoms with Gasteiger partial charge in [-0.1, -0.05) is 0 Å². The minimum Gasteiger partial charge on any atom is -0.844 e. The van der Waals surface area contributed by atoms with Crippen molar-refractivity contribution < 1.29 is 130 Å². The number of aryl methyl sites for hydroxylation is 3. The van der Waals surface area contributed by atoms with Gasteiger partial charge < -0.3 is 47.6 Å². The Morgan fingerprint density at radius 1 is 0.600 bits per heavy atom. The summed E-state index contributed by atoms with van der Waals surface area (Å²) < 4.78 is 2.92. The first-order chi connectivity index (χ1) is 27.5. The van der Waals surface area contributed by atoms with Gasteiger partial charge in [-0.2, -0.15) is 59.4 Å². The molecule has 0 unspecified atom stereocenters. The van der Waals surface area contributed by atoms with Crippen LogP contribution in [-0.2, 0) is 14.5 Å². The van der Waals surface area contributed by atoms with E-state index in [0.29, 0.717) is 29.4 Å². The molecule has 18 N–H and O–H groups in total. The minimum absolute atomic E-state index is 0. The summed E-state index contributed by atoms with van der Waals surface area (Å²) in [5.74, 6) is 19.9. The third-order valence-corrected chi connectivity index (χ3v) is 5.69. The molecule has 0 fully saturated rings. The number of nitrogen functional groups attached to an aromatic ring is 4. The summed E-state index contributed by atoms with van der Waals surface area (Å²) in [6.07, 6.45) is 0. The summed E-state index contributed by atoms with van der Waals surface area (Å²) in [7, 11) is 0. The van der Waals surface area contributed by atoms with Gasteiger partial charge in [0, 0.05) is 12.1 Å². The Morgan fingerprint density at radius 3 is 1.11 bits per heavy atom. The van der Waals surface area contributed by atoms with E-state index in [9.17, 15) is 10.2 Å². The normalized spacial score (nSPS) is 8.26. The third-order valence-electron chi connectivity index (χ3n) is 4.85. The standard InChI is InChI=1S/C12H15N9.C3Cl3N3.C3HCl2N3O.C3H7N7O.CH2O3.CH2O.2ClH.H4N2.3Na.2H2O/c1-6-4-9(13)20(18-6)11-15-8(3)16-12(17-11)21-10(14)5-7(2)19-21;4-1-7-2(5)9-3(6)8-1;4-1-6-2(5)8-3(9)7-1;4-9-1-6-2(10-5)8-3(11)7-1;2-1-4-3;1-2;;;1-2;;;;;/h4-5H,13-14H2,1-3H3;;(H,6,7,8,9);4-5H2,(H3,6,7,8,9,10,11);1,3H;1H2;2*1H;1-2H2;;;;2*1H2/q;;;;;;;;;3*+1;;/p-3. The van der Waals surface area contributed by atoms with Crippen molar-refractivity contribution in [1.82, 2.24) is 79.4 Å². The number of carbonyl (C=O) groups excluding carboxylic acids is 2. The number of hydrazine groups is 3. The van der Waals surface area contributed by atoms with Crippen LogP contribution in [0.15, 0.2) is 12.1 Å². The van der Waals surface area contributed by atoms with E-state index in [-0.39, 0.29) is 169 Å². The number of rotatable bonds is 5. The Bertz CT molecular complexity index is 1960. The number of halogens is 7. The largest absolute Gasteiger partial charge is 1.00 e. The first kappa shape index (κ1) is 79.3. The Morgan fingerprint density at radius 2 is 0.877 bits per heavy atom. The molecule has 32 nitrogen and oxygen atoms in total. The number of hydrogen-bond acceptors (Lipinski definition) is 28. The van der Waals surface area contributed by atoms with Gasteiger partial charge in [-0.15, -0.1) is 24.8 Å². The molecule has 0 atom stereocenters. The fraction of sp³-hybridized carbons (Fsp3) is 0.130. The maximum Gasteiger partial charge on any atom is 1.00 e. The molecule has 0 bridgehead atoms. The molecule has 0 radical (unpaired) electrons. The zero-order chi connectivity index (χ0) is 44.5. The van der Waals surface area contributed by atoms with Crippen LogP contribution in [0, 0.1) is 20.8 Å². The van der Waals surface area contributed by atoms with Crippen LogP contribution < -0.4 is 150 Å². The Labute approximate surface area is 469 Å². The van der Waals surface area contributed by atoms with Gasteiger partial charge in [0.15, 0.2) is 0 Å². The molecule has 346 valence electrons. The van der Waals surface area contributed by atoms with E-state index in [4.69, 9.17) is 96.0 Å². The van der Waals surface area contributed by atoms with Crippen molar-refractivity contribution in [2.75, 3.05) is 22.3 Å². The van der Waals surface area contributed by atoms with E-state index in [1.165, 1.54) is 9.36 Å². The molecule has 0 aliphatic rings. The number of nitrogens with one attached hydrogen (secondary N) is 2. The van der Waals surface area contributed by atoms with Crippen LogP contribution in [0.2, 0.25) is 26.4 Å². The molecule has 6 aromatic rings. The molecule has 6 heterocycles. The number of nitrogens with zero attached hydrogens (tertiary/aromatic N) is 16. The molecule has 0 aliphatic heterocycles. The van der Waals surface area contributed by atoms with Crippen LogP contribution in [-0.4, -0.2) is 104 Å². The third kappa shape index (κ3) is 31.7. The number of nitrogens with two attached hydrogens (primary N) is 6. The van der Waals surface area contributed by atoms with E-state index >= 15 is 0 Å². The van der Waals surface area contributed by atoms with E-state index < -0.39 is 12.0 Å². The van der Waals surface area contributed by atoms with Crippen LogP contribution in [0.25, 0.3) is 11.9 Å². The first-order valence-corrected chi connectivity index (χ1v) is 15.9. The second kappa shape index (κ2) is 43.7. The van der Waals surface area contributed by atoms with E-state index in [1.807, 2.05) is 20.6 Å².